The van der Waals surface area contributed by atoms with Crippen LogP contribution in [-0.2, 0) is 14.6 Å². The van der Waals surface area contributed by atoms with Gasteiger partial charge in [0, 0.05) is 17.5 Å². The fourth-order valence-corrected chi connectivity index (χ4v) is 2.09. The first-order chi connectivity index (χ1) is 9.01. The highest BCUT2D eigenvalue weighted by Crippen LogP contribution is 2.19. The number of benzene rings is 1. The van der Waals surface area contributed by atoms with E-state index in [-0.39, 0.29) is 16.1 Å². The van der Waals surface area contributed by atoms with Gasteiger partial charge < -0.3 is 4.74 Å². The maximum atomic E-state index is 11.6. The molecule has 1 N–H and O–H groups in total. The third-order valence-electron chi connectivity index (χ3n) is 2.14. The highest BCUT2D eigenvalue weighted by Gasteiger charge is 2.17. The Kier molecular flexibility index (Phi) is 4.54. The minimum absolute atomic E-state index is 0.0480. The lowest BCUT2D eigenvalue weighted by Gasteiger charge is -2.19. The van der Waals surface area contributed by atoms with E-state index in [2.05, 4.69) is 5.32 Å². The van der Waals surface area contributed by atoms with Crippen molar-refractivity contribution in [2.45, 2.75) is 31.3 Å². The minimum Gasteiger partial charge on any atom is -0.444 e. The van der Waals surface area contributed by atoms with Crippen LogP contribution in [0.15, 0.2) is 23.1 Å². The summed E-state index contributed by atoms with van der Waals surface area (Å²) in [6.45, 7) is 5.11. The SMILES string of the molecule is CC(C)(C)OC(=O)Nc1cc(C=O)cc(S(C)(=O)=O)c1. The number of aldehydes is 1. The van der Waals surface area contributed by atoms with Crippen molar-refractivity contribution in [2.24, 2.45) is 0 Å². The van der Waals surface area contributed by atoms with E-state index < -0.39 is 21.5 Å². The summed E-state index contributed by atoms with van der Waals surface area (Å²) in [5, 5.41) is 2.40. The first-order valence-corrected chi connectivity index (χ1v) is 7.71. The fourth-order valence-electron chi connectivity index (χ4n) is 1.40. The maximum absolute atomic E-state index is 11.6. The van der Waals surface area contributed by atoms with Crippen molar-refractivity contribution in [2.75, 3.05) is 11.6 Å². The molecule has 0 aromatic heterocycles. The Labute approximate surface area is 118 Å². The number of sulfone groups is 1. The van der Waals surface area contributed by atoms with E-state index in [0.29, 0.717) is 6.29 Å². The van der Waals surface area contributed by atoms with Crippen LogP contribution < -0.4 is 5.32 Å². The molecular formula is C13H17NO5S. The molecule has 0 radical (unpaired) electrons. The number of amides is 1. The molecule has 0 aliphatic carbocycles. The molecular weight excluding hydrogens is 282 g/mol. The number of carbonyl (C=O) groups is 2. The topological polar surface area (TPSA) is 89.5 Å². The van der Waals surface area contributed by atoms with Crippen LogP contribution in [-0.4, -0.2) is 32.7 Å². The van der Waals surface area contributed by atoms with Gasteiger partial charge in [-0.25, -0.2) is 13.2 Å². The van der Waals surface area contributed by atoms with Crippen LogP contribution in [0.5, 0.6) is 0 Å². The van der Waals surface area contributed by atoms with E-state index >= 15 is 0 Å². The molecule has 0 saturated heterocycles. The van der Waals surface area contributed by atoms with Gasteiger partial charge in [0.2, 0.25) is 0 Å². The molecule has 0 atom stereocenters. The summed E-state index contributed by atoms with van der Waals surface area (Å²) in [5.41, 5.74) is -0.338. The first kappa shape index (κ1) is 16.2. The van der Waals surface area contributed by atoms with E-state index in [1.807, 2.05) is 0 Å². The van der Waals surface area contributed by atoms with Gasteiger partial charge in [-0.2, -0.15) is 0 Å². The molecule has 6 nitrogen and oxygen atoms in total. The van der Waals surface area contributed by atoms with Crippen molar-refractivity contribution in [3.05, 3.63) is 23.8 Å². The predicted molar refractivity (Wildman–Crippen MR) is 74.8 cm³/mol. The van der Waals surface area contributed by atoms with Crippen LogP contribution in [0.25, 0.3) is 0 Å². The van der Waals surface area contributed by atoms with Crippen LogP contribution >= 0.6 is 0 Å². The lowest BCUT2D eigenvalue weighted by Crippen LogP contribution is -2.27. The normalized spacial score (nSPS) is 11.8. The molecule has 0 heterocycles. The van der Waals surface area contributed by atoms with Gasteiger partial charge in [0.05, 0.1) is 4.90 Å². The van der Waals surface area contributed by atoms with Gasteiger partial charge in [-0.3, -0.25) is 10.1 Å². The molecule has 0 fully saturated rings. The van der Waals surface area contributed by atoms with Crippen molar-refractivity contribution in [1.29, 1.82) is 0 Å². The molecule has 110 valence electrons. The Morgan fingerprint density at radius 3 is 2.30 bits per heavy atom. The second kappa shape index (κ2) is 5.62. The lowest BCUT2D eigenvalue weighted by molar-refractivity contribution is 0.0635. The van der Waals surface area contributed by atoms with E-state index in [1.54, 1.807) is 20.8 Å². The summed E-state index contributed by atoms with van der Waals surface area (Å²) in [6, 6.07) is 3.88. The van der Waals surface area contributed by atoms with Gasteiger partial charge in [-0.05, 0) is 39.0 Å². The summed E-state index contributed by atoms with van der Waals surface area (Å²) in [7, 11) is -3.48. The standard InChI is InChI=1S/C13H17NO5S/c1-13(2,3)19-12(16)14-10-5-9(8-15)6-11(7-10)20(4,17)18/h5-8H,1-4H3,(H,14,16). The first-order valence-electron chi connectivity index (χ1n) is 5.81. The second-order valence-corrected chi connectivity index (χ2v) is 7.32. The van der Waals surface area contributed by atoms with Crippen molar-refractivity contribution in [3.63, 3.8) is 0 Å². The van der Waals surface area contributed by atoms with Crippen LogP contribution in [0, 0.1) is 0 Å². The average molecular weight is 299 g/mol. The number of rotatable bonds is 3. The third-order valence-corrected chi connectivity index (χ3v) is 3.23. The summed E-state index contributed by atoms with van der Waals surface area (Å²) < 4.78 is 28.1. The molecule has 0 saturated carbocycles. The predicted octanol–water partition coefficient (Wildman–Crippen LogP) is 2.25. The quantitative estimate of drug-likeness (QED) is 0.865. The summed E-state index contributed by atoms with van der Waals surface area (Å²) in [6.07, 6.45) is 0.809. The van der Waals surface area contributed by atoms with Crippen LogP contribution in [0.1, 0.15) is 31.1 Å². The molecule has 7 heteroatoms. The van der Waals surface area contributed by atoms with Crippen LogP contribution in [0.3, 0.4) is 0 Å². The van der Waals surface area contributed by atoms with Crippen molar-refractivity contribution < 1.29 is 22.7 Å². The van der Waals surface area contributed by atoms with E-state index in [0.717, 1.165) is 6.26 Å². The molecule has 1 aromatic carbocycles. The smallest absolute Gasteiger partial charge is 0.412 e. The zero-order valence-electron chi connectivity index (χ0n) is 11.8. The Morgan fingerprint density at radius 1 is 1.25 bits per heavy atom. The highest BCUT2D eigenvalue weighted by atomic mass is 32.2. The molecule has 0 aliphatic rings. The number of nitrogens with one attached hydrogen (secondary N) is 1. The van der Waals surface area contributed by atoms with Crippen molar-refractivity contribution in [1.82, 2.24) is 0 Å². The van der Waals surface area contributed by atoms with Gasteiger partial charge in [0.1, 0.15) is 11.9 Å². The van der Waals surface area contributed by atoms with Gasteiger partial charge in [0.15, 0.2) is 9.84 Å². The van der Waals surface area contributed by atoms with Crippen LogP contribution in [0.2, 0.25) is 0 Å². The number of carbonyl (C=O) groups excluding carboxylic acids is 2. The van der Waals surface area contributed by atoms with Gasteiger partial charge >= 0.3 is 6.09 Å². The molecule has 1 rings (SSSR count). The number of ether oxygens (including phenoxy) is 1. The Balaban J connectivity index is 3.07. The molecule has 1 aromatic rings. The van der Waals surface area contributed by atoms with Gasteiger partial charge in [-0.1, -0.05) is 0 Å². The minimum atomic E-state index is -3.48. The van der Waals surface area contributed by atoms with Crippen molar-refractivity contribution in [3.8, 4) is 0 Å². The zero-order valence-corrected chi connectivity index (χ0v) is 12.6. The van der Waals surface area contributed by atoms with Gasteiger partial charge in [-0.15, -0.1) is 0 Å². The van der Waals surface area contributed by atoms with Gasteiger partial charge in [0.25, 0.3) is 0 Å². The highest BCUT2D eigenvalue weighted by molar-refractivity contribution is 7.90. The number of hydrogen-bond acceptors (Lipinski definition) is 5. The van der Waals surface area contributed by atoms with E-state index in [1.165, 1.54) is 18.2 Å². The zero-order chi connectivity index (χ0) is 15.6. The van der Waals surface area contributed by atoms with Crippen LogP contribution in [0.4, 0.5) is 10.5 Å². The monoisotopic (exact) mass is 299 g/mol. The average Bonchev–Trinajstić information content (AvgIpc) is 2.24. The van der Waals surface area contributed by atoms with Crippen molar-refractivity contribution >= 4 is 27.9 Å². The number of anilines is 1. The third kappa shape index (κ3) is 5.00. The lowest BCUT2D eigenvalue weighted by atomic mass is 10.2. The molecule has 0 spiro atoms. The summed E-state index contributed by atoms with van der Waals surface area (Å²) in [5.74, 6) is 0. The molecule has 20 heavy (non-hydrogen) atoms. The largest absolute Gasteiger partial charge is 0.444 e. The summed E-state index contributed by atoms with van der Waals surface area (Å²) in [4.78, 5) is 22.4. The number of hydrogen-bond donors (Lipinski definition) is 1. The molecule has 1 amide bonds. The second-order valence-electron chi connectivity index (χ2n) is 5.31. The molecule has 0 bridgehead atoms. The molecule has 0 unspecified atom stereocenters. The Bertz CT molecular complexity index is 629. The van der Waals surface area contributed by atoms with E-state index in [9.17, 15) is 18.0 Å². The summed E-state index contributed by atoms with van der Waals surface area (Å²) >= 11 is 0. The maximum Gasteiger partial charge on any atom is 0.412 e. The molecule has 0 aliphatic heterocycles. The fraction of sp³-hybridized carbons (Fsp3) is 0.385. The van der Waals surface area contributed by atoms with E-state index in [4.69, 9.17) is 4.74 Å². The Hall–Kier alpha value is -1.89. The Morgan fingerprint density at radius 2 is 1.85 bits per heavy atom.